The first-order valence-electron chi connectivity index (χ1n) is 9.28. The van der Waals surface area contributed by atoms with Gasteiger partial charge < -0.3 is 9.64 Å². The second-order valence-corrected chi connectivity index (χ2v) is 8.78. The predicted octanol–water partition coefficient (Wildman–Crippen LogP) is 6.89. The molecular weight excluding hydrogens is 441 g/mol. The lowest BCUT2D eigenvalue weighted by molar-refractivity contribution is -0.106. The van der Waals surface area contributed by atoms with Gasteiger partial charge in [0, 0.05) is 22.9 Å². The van der Waals surface area contributed by atoms with Gasteiger partial charge in [-0.25, -0.2) is 0 Å². The number of hydrogen-bond donors (Lipinski definition) is 0. The van der Waals surface area contributed by atoms with Crippen LogP contribution in [-0.4, -0.2) is 18.6 Å². The quantitative estimate of drug-likeness (QED) is 0.265. The molecule has 0 N–H and O–H groups in total. The Hall–Kier alpha value is -1.79. The SMILES string of the molecule is CCC1(CC)CSc2cc(O/C=C(\F)C=O)c(Br)cc2N(c2ccccc2)C1. The van der Waals surface area contributed by atoms with Gasteiger partial charge in [-0.1, -0.05) is 32.0 Å². The molecule has 6 heteroatoms. The van der Waals surface area contributed by atoms with Crippen LogP contribution in [0.4, 0.5) is 15.8 Å². The molecule has 0 saturated carbocycles. The highest BCUT2D eigenvalue weighted by Crippen LogP contribution is 2.48. The van der Waals surface area contributed by atoms with Gasteiger partial charge in [-0.2, -0.15) is 4.39 Å². The second-order valence-electron chi connectivity index (χ2n) is 6.91. The summed E-state index contributed by atoms with van der Waals surface area (Å²) in [4.78, 5) is 13.9. The van der Waals surface area contributed by atoms with E-state index in [4.69, 9.17) is 4.74 Å². The lowest BCUT2D eigenvalue weighted by Crippen LogP contribution is -2.35. The normalized spacial score (nSPS) is 16.3. The monoisotopic (exact) mass is 463 g/mol. The summed E-state index contributed by atoms with van der Waals surface area (Å²) in [6, 6.07) is 14.3. The summed E-state index contributed by atoms with van der Waals surface area (Å²) < 4.78 is 19.3. The predicted molar refractivity (Wildman–Crippen MR) is 117 cm³/mol. The van der Waals surface area contributed by atoms with Crippen molar-refractivity contribution in [1.29, 1.82) is 0 Å². The zero-order valence-electron chi connectivity index (χ0n) is 16.0. The number of ether oxygens (including phenoxy) is 1. The van der Waals surface area contributed by atoms with E-state index >= 15 is 0 Å². The number of carbonyl (C=O) groups excluding carboxylic acids is 1. The van der Waals surface area contributed by atoms with Crippen molar-refractivity contribution in [2.24, 2.45) is 5.41 Å². The van der Waals surface area contributed by atoms with Crippen LogP contribution in [0, 0.1) is 5.41 Å². The number of para-hydroxylation sites is 1. The Bertz CT molecular complexity index is 868. The topological polar surface area (TPSA) is 29.5 Å². The van der Waals surface area contributed by atoms with Crippen LogP contribution in [0.15, 0.2) is 63.9 Å². The zero-order valence-corrected chi connectivity index (χ0v) is 18.4. The Morgan fingerprint density at radius 3 is 2.64 bits per heavy atom. The largest absolute Gasteiger partial charge is 0.461 e. The van der Waals surface area contributed by atoms with Crippen molar-refractivity contribution in [3.63, 3.8) is 0 Å². The highest BCUT2D eigenvalue weighted by atomic mass is 79.9. The maximum atomic E-state index is 13.2. The van der Waals surface area contributed by atoms with Gasteiger partial charge in [-0.3, -0.25) is 4.79 Å². The molecule has 3 nitrogen and oxygen atoms in total. The molecular formula is C22H23BrFNO2S. The Morgan fingerprint density at radius 2 is 2.00 bits per heavy atom. The molecule has 0 spiro atoms. The fourth-order valence-corrected chi connectivity index (χ4v) is 5.20. The Kier molecular flexibility index (Phi) is 6.83. The van der Waals surface area contributed by atoms with E-state index in [9.17, 15) is 9.18 Å². The van der Waals surface area contributed by atoms with Gasteiger partial charge in [0.1, 0.15) is 12.0 Å². The van der Waals surface area contributed by atoms with Gasteiger partial charge >= 0.3 is 0 Å². The number of hydrogen-bond acceptors (Lipinski definition) is 4. The number of halogens is 2. The van der Waals surface area contributed by atoms with Crippen molar-refractivity contribution in [3.8, 4) is 5.75 Å². The summed E-state index contributed by atoms with van der Waals surface area (Å²) in [7, 11) is 0. The van der Waals surface area contributed by atoms with Crippen LogP contribution in [0.25, 0.3) is 0 Å². The van der Waals surface area contributed by atoms with Crippen LogP contribution in [-0.2, 0) is 4.79 Å². The molecule has 1 aliphatic rings. The second kappa shape index (κ2) is 9.14. The molecule has 0 bridgehead atoms. The minimum atomic E-state index is -0.948. The lowest BCUT2D eigenvalue weighted by Gasteiger charge is -2.36. The number of anilines is 2. The molecule has 2 aromatic rings. The van der Waals surface area contributed by atoms with Gasteiger partial charge in [0.05, 0.1) is 10.2 Å². The zero-order chi connectivity index (χ0) is 20.1. The highest BCUT2D eigenvalue weighted by Gasteiger charge is 2.34. The van der Waals surface area contributed by atoms with E-state index < -0.39 is 5.83 Å². The maximum absolute atomic E-state index is 13.2. The third-order valence-electron chi connectivity index (χ3n) is 5.31. The Morgan fingerprint density at radius 1 is 1.29 bits per heavy atom. The lowest BCUT2D eigenvalue weighted by atomic mass is 9.83. The molecule has 2 aromatic carbocycles. The summed E-state index contributed by atoms with van der Waals surface area (Å²) in [5.74, 6) is 0.531. The van der Waals surface area contributed by atoms with Crippen LogP contribution in [0.5, 0.6) is 5.75 Å². The number of nitrogens with zero attached hydrogens (tertiary/aromatic N) is 1. The Balaban J connectivity index is 2.07. The molecule has 1 aliphatic heterocycles. The number of benzene rings is 2. The summed E-state index contributed by atoms with van der Waals surface area (Å²) >= 11 is 5.34. The molecule has 148 valence electrons. The van der Waals surface area contributed by atoms with E-state index in [1.807, 2.05) is 30.3 Å². The fourth-order valence-electron chi connectivity index (χ4n) is 3.30. The third kappa shape index (κ3) is 4.44. The van der Waals surface area contributed by atoms with Gasteiger partial charge in [-0.15, -0.1) is 11.8 Å². The van der Waals surface area contributed by atoms with E-state index in [1.54, 1.807) is 11.8 Å². The van der Waals surface area contributed by atoms with Gasteiger partial charge in [0.15, 0.2) is 12.1 Å². The van der Waals surface area contributed by atoms with E-state index in [1.165, 1.54) is 0 Å². The van der Waals surface area contributed by atoms with E-state index in [2.05, 4.69) is 46.8 Å². The first-order chi connectivity index (χ1) is 13.5. The fraction of sp³-hybridized carbons (Fsp3) is 0.318. The molecule has 0 atom stereocenters. The number of carbonyl (C=O) groups is 1. The van der Waals surface area contributed by atoms with E-state index in [-0.39, 0.29) is 11.7 Å². The van der Waals surface area contributed by atoms with Crippen LogP contribution >= 0.6 is 27.7 Å². The molecule has 0 radical (unpaired) electrons. The summed E-state index contributed by atoms with van der Waals surface area (Å²) in [5.41, 5.74) is 2.43. The van der Waals surface area contributed by atoms with Crippen molar-refractivity contribution in [2.45, 2.75) is 31.6 Å². The van der Waals surface area contributed by atoms with Crippen LogP contribution in [0.2, 0.25) is 0 Å². The summed E-state index contributed by atoms with van der Waals surface area (Å²) in [5, 5.41) is 0. The number of thioether (sulfide) groups is 1. The molecule has 0 saturated heterocycles. The maximum Gasteiger partial charge on any atom is 0.197 e. The summed E-state index contributed by atoms with van der Waals surface area (Å²) in [6.45, 7) is 5.43. The molecule has 0 aromatic heterocycles. The molecule has 0 unspecified atom stereocenters. The molecule has 3 rings (SSSR count). The van der Waals surface area contributed by atoms with Gasteiger partial charge in [0.2, 0.25) is 0 Å². The minimum Gasteiger partial charge on any atom is -0.461 e. The summed E-state index contributed by atoms with van der Waals surface area (Å²) in [6.07, 6.45) is 3.13. The average molecular weight is 464 g/mol. The minimum absolute atomic E-state index is 0.125. The first kappa shape index (κ1) is 20.9. The number of aldehydes is 1. The van der Waals surface area contributed by atoms with Crippen LogP contribution in [0.1, 0.15) is 26.7 Å². The third-order valence-corrected chi connectivity index (χ3v) is 7.32. The molecule has 0 amide bonds. The molecule has 28 heavy (non-hydrogen) atoms. The highest BCUT2D eigenvalue weighted by molar-refractivity contribution is 9.10. The van der Waals surface area contributed by atoms with Gasteiger partial charge in [0.25, 0.3) is 0 Å². The van der Waals surface area contributed by atoms with Crippen molar-refractivity contribution in [1.82, 2.24) is 0 Å². The van der Waals surface area contributed by atoms with Crippen molar-refractivity contribution >= 4 is 45.4 Å². The number of allylic oxidation sites excluding steroid dienone is 1. The first-order valence-corrected chi connectivity index (χ1v) is 11.1. The number of fused-ring (bicyclic) bond motifs is 1. The van der Waals surface area contributed by atoms with E-state index in [0.29, 0.717) is 10.2 Å². The smallest absolute Gasteiger partial charge is 0.197 e. The van der Waals surface area contributed by atoms with Crippen LogP contribution in [0.3, 0.4) is 0 Å². The molecule has 0 fully saturated rings. The van der Waals surface area contributed by atoms with E-state index in [0.717, 1.165) is 47.7 Å². The molecule has 0 aliphatic carbocycles. The van der Waals surface area contributed by atoms with Crippen molar-refractivity contribution < 1.29 is 13.9 Å². The van der Waals surface area contributed by atoms with Gasteiger partial charge in [-0.05, 0) is 58.5 Å². The number of rotatable bonds is 6. The standard InChI is InChI=1S/C22H23BrFNO2S/c1-3-22(4-2)14-25(17-8-6-5-7-9-17)19-10-18(23)20(11-21(19)28-15-22)27-13-16(24)12-26/h5-13H,3-4,14-15H2,1-2H3/b16-13-. The Labute approximate surface area is 178 Å². The molecule has 1 heterocycles. The van der Waals surface area contributed by atoms with Crippen molar-refractivity contribution in [3.05, 3.63) is 59.0 Å². The van der Waals surface area contributed by atoms with Crippen LogP contribution < -0.4 is 9.64 Å². The average Bonchev–Trinajstić information content (AvgIpc) is 2.90. The van der Waals surface area contributed by atoms with Crippen molar-refractivity contribution in [2.75, 3.05) is 17.2 Å².